The zero-order chi connectivity index (χ0) is 81.1. The number of aliphatic imine (C=N–C) groups is 3. The smallest absolute Gasteiger partial charge is 0.277 e. The number of halogens is 6. The molecule has 3 saturated heterocycles. The summed E-state index contributed by atoms with van der Waals surface area (Å²) in [5, 5.41) is 9.50. The number of nitrogens with zero attached hydrogens (tertiary/aromatic N) is 12. The third-order valence-electron chi connectivity index (χ3n) is 20.4. The Morgan fingerprint density at radius 2 is 0.632 bits per heavy atom. The fourth-order valence-corrected chi connectivity index (χ4v) is 16.8. The maximum Gasteiger partial charge on any atom is 0.277 e. The fourth-order valence-electron chi connectivity index (χ4n) is 14.2. The lowest BCUT2D eigenvalue weighted by Crippen LogP contribution is -2.13. The topological polar surface area (TPSA) is 319 Å². The molecule has 3 atom stereocenters. The summed E-state index contributed by atoms with van der Waals surface area (Å²) < 4.78 is 176. The van der Waals surface area contributed by atoms with E-state index in [4.69, 9.17) is 14.2 Å². The average molecular weight is 1620 g/mol. The number of anilines is 6. The number of hydrogen-bond acceptors (Lipinski definition) is 24. The second-order valence-electron chi connectivity index (χ2n) is 29.3. The molecule has 6 aromatic heterocycles. The molecule has 3 aromatic carbocycles. The molecule has 3 fully saturated rings. The van der Waals surface area contributed by atoms with Crippen molar-refractivity contribution in [2.45, 2.75) is 190 Å². The lowest BCUT2D eigenvalue weighted by atomic mass is 10.0. The van der Waals surface area contributed by atoms with E-state index in [1.165, 1.54) is 0 Å². The Hall–Kier alpha value is -9.93. The Bertz CT molecular complexity index is 5100. The summed E-state index contributed by atoms with van der Waals surface area (Å²) in [6, 6.07) is 20.6. The molecule has 1 unspecified atom stereocenters. The molecule has 0 aliphatic carbocycles. The highest BCUT2D eigenvalue weighted by Crippen LogP contribution is 2.45. The SMILES string of the molecule is Cc1ncc(Cc2cc(Nc3ccc(C4CCCCO4)cc3S(C)(=O)=O)c3c(n2)CC(C(F)F)=N3)nc1C.Cc1ncc(Cc2cc(Nc3ccc([C@@H]4CCCCO4)cc3S(C)(=O)=O)c3c(n2)CC(C(F)F)=N3)nc1C.Cc1ncc(Cc2cc(Nc3ccc([C@H]4CCCCO4)cc3S(C)(=O)=O)c3c(n2)CC(C(F)F)=N3)nc1C. The number of ether oxygens (including phenoxy) is 3. The largest absolute Gasteiger partial charge is 0.374 e. The van der Waals surface area contributed by atoms with E-state index >= 15 is 0 Å². The maximum absolute atomic E-state index is 13.5. The lowest BCUT2D eigenvalue weighted by Gasteiger charge is -2.24. The van der Waals surface area contributed by atoms with Crippen LogP contribution in [0.2, 0.25) is 0 Å². The van der Waals surface area contributed by atoms with Gasteiger partial charge in [0.15, 0.2) is 29.5 Å². The molecular formula is C81H87F6N15O9S3. The van der Waals surface area contributed by atoms with Crippen molar-refractivity contribution in [1.29, 1.82) is 0 Å². The number of aryl methyl sites for hydroxylation is 6. The number of nitrogens with one attached hydrogen (secondary N) is 3. The van der Waals surface area contributed by atoms with Crippen molar-refractivity contribution in [3.8, 4) is 0 Å². The normalized spacial score (nSPS) is 17.4. The molecular weight excluding hydrogens is 1540 g/mol. The van der Waals surface area contributed by atoms with E-state index in [2.05, 4.69) is 75.8 Å². The highest BCUT2D eigenvalue weighted by molar-refractivity contribution is 7.91. The zero-order valence-corrected chi connectivity index (χ0v) is 66.8. The van der Waals surface area contributed by atoms with Crippen molar-refractivity contribution in [1.82, 2.24) is 44.9 Å². The fraction of sp³-hybridized carbons (Fsp3) is 0.407. The maximum atomic E-state index is 13.5. The molecule has 0 radical (unpaired) electrons. The van der Waals surface area contributed by atoms with Gasteiger partial charge in [0, 0.05) is 113 Å². The van der Waals surface area contributed by atoms with Crippen LogP contribution in [0.4, 0.5) is 77.5 Å². The minimum absolute atomic E-state index is 0.0784. The van der Waals surface area contributed by atoms with E-state index in [0.29, 0.717) is 124 Å². The first-order valence-corrected chi connectivity index (χ1v) is 43.1. The predicted molar refractivity (Wildman–Crippen MR) is 422 cm³/mol. The summed E-state index contributed by atoms with van der Waals surface area (Å²) in [6.07, 6.45) is 9.03. The summed E-state index contributed by atoms with van der Waals surface area (Å²) in [5.41, 5.74) is 14.5. The van der Waals surface area contributed by atoms with Gasteiger partial charge in [-0.15, -0.1) is 0 Å². The van der Waals surface area contributed by atoms with Crippen molar-refractivity contribution in [3.63, 3.8) is 0 Å². The van der Waals surface area contributed by atoms with Crippen LogP contribution in [0.5, 0.6) is 0 Å². The molecule has 12 heterocycles. The molecule has 6 aliphatic rings. The number of alkyl halides is 6. The first-order valence-electron chi connectivity index (χ1n) is 37.5. The molecule has 6 aliphatic heterocycles. The number of hydrogen-bond donors (Lipinski definition) is 3. The molecule has 600 valence electrons. The number of pyridine rings is 3. The second kappa shape index (κ2) is 34.6. The van der Waals surface area contributed by atoms with E-state index in [1.54, 1.807) is 73.2 Å². The van der Waals surface area contributed by atoms with Gasteiger partial charge in [0.2, 0.25) is 0 Å². The number of sulfone groups is 3. The van der Waals surface area contributed by atoms with Crippen LogP contribution in [0.25, 0.3) is 0 Å². The summed E-state index contributed by atoms with van der Waals surface area (Å²) in [7, 11) is -10.9. The highest BCUT2D eigenvalue weighted by atomic mass is 32.2. The molecule has 114 heavy (non-hydrogen) atoms. The van der Waals surface area contributed by atoms with E-state index in [9.17, 15) is 51.6 Å². The van der Waals surface area contributed by atoms with Crippen molar-refractivity contribution >= 4 is 97.8 Å². The number of aromatic nitrogens is 9. The van der Waals surface area contributed by atoms with Gasteiger partial charge in [0.25, 0.3) is 19.3 Å². The molecule has 0 saturated carbocycles. The first kappa shape index (κ1) is 82.1. The Balaban J connectivity index is 0.000000149. The van der Waals surface area contributed by atoms with Crippen LogP contribution in [-0.2, 0) is 82.2 Å². The molecule has 15 rings (SSSR count). The van der Waals surface area contributed by atoms with Gasteiger partial charge in [-0.1, -0.05) is 18.2 Å². The molecule has 0 amide bonds. The van der Waals surface area contributed by atoms with Gasteiger partial charge in [-0.3, -0.25) is 44.9 Å². The predicted octanol–water partition coefficient (Wildman–Crippen LogP) is 16.1. The molecule has 0 spiro atoms. The second-order valence-corrected chi connectivity index (χ2v) is 35.2. The van der Waals surface area contributed by atoms with Crippen LogP contribution in [0, 0.1) is 41.5 Å². The quantitative estimate of drug-likeness (QED) is 0.0563. The molecule has 24 nitrogen and oxygen atoms in total. The van der Waals surface area contributed by atoms with Crippen LogP contribution >= 0.6 is 0 Å². The van der Waals surface area contributed by atoms with Gasteiger partial charge in [0.05, 0.1) is 153 Å². The molecule has 0 bridgehead atoms. The van der Waals surface area contributed by atoms with E-state index in [1.807, 2.05) is 59.7 Å². The van der Waals surface area contributed by atoms with Crippen molar-refractivity contribution in [2.24, 2.45) is 15.0 Å². The summed E-state index contributed by atoms with van der Waals surface area (Å²) in [4.78, 5) is 53.3. The third kappa shape index (κ3) is 19.7. The van der Waals surface area contributed by atoms with Crippen LogP contribution in [0.15, 0.2) is 121 Å². The van der Waals surface area contributed by atoms with Gasteiger partial charge in [-0.25, -0.2) is 66.6 Å². The number of fused-ring (bicyclic) bond motifs is 3. The Kier molecular flexibility index (Phi) is 24.9. The summed E-state index contributed by atoms with van der Waals surface area (Å²) in [5.74, 6) is 0. The third-order valence-corrected chi connectivity index (χ3v) is 23.8. The molecule has 9 aromatic rings. The summed E-state index contributed by atoms with van der Waals surface area (Å²) >= 11 is 0. The van der Waals surface area contributed by atoms with Crippen LogP contribution in [-0.4, -0.2) is 145 Å². The van der Waals surface area contributed by atoms with Crippen LogP contribution < -0.4 is 16.0 Å². The van der Waals surface area contributed by atoms with Gasteiger partial charge >= 0.3 is 0 Å². The van der Waals surface area contributed by atoms with Crippen molar-refractivity contribution in [2.75, 3.05) is 54.5 Å². The average Bonchev–Trinajstić information content (AvgIpc) is 1.56. The van der Waals surface area contributed by atoms with Crippen LogP contribution in [0.1, 0.15) is 178 Å². The Morgan fingerprint density at radius 1 is 0.360 bits per heavy atom. The van der Waals surface area contributed by atoms with Crippen LogP contribution in [0.3, 0.4) is 0 Å². The highest BCUT2D eigenvalue weighted by Gasteiger charge is 2.33. The van der Waals surface area contributed by atoms with Gasteiger partial charge < -0.3 is 30.2 Å². The van der Waals surface area contributed by atoms with Gasteiger partial charge in [-0.05, 0) is 171 Å². The number of rotatable bonds is 21. The molecule has 33 heteroatoms. The van der Waals surface area contributed by atoms with Crippen molar-refractivity contribution < 1.29 is 65.8 Å². The number of benzene rings is 3. The lowest BCUT2D eigenvalue weighted by molar-refractivity contribution is 0.0147. The zero-order valence-electron chi connectivity index (χ0n) is 64.4. The first-order chi connectivity index (χ1) is 54.2. The Morgan fingerprint density at radius 3 is 0.860 bits per heavy atom. The van der Waals surface area contributed by atoms with E-state index < -0.39 is 48.8 Å². The van der Waals surface area contributed by atoms with E-state index in [0.717, 1.165) is 127 Å². The van der Waals surface area contributed by atoms with Gasteiger partial charge in [0.1, 0.15) is 17.1 Å². The minimum Gasteiger partial charge on any atom is -0.374 e. The monoisotopic (exact) mass is 1620 g/mol. The molecule has 3 N–H and O–H groups in total. The summed E-state index contributed by atoms with van der Waals surface area (Å²) in [6.45, 7) is 13.1. The van der Waals surface area contributed by atoms with Gasteiger partial charge in [-0.2, -0.15) is 0 Å². The standard InChI is InChI=1S/3C27H29F2N5O3S/c3*1-15-16(2)31-19(14-30-15)11-18-12-21(26-22(32-18)13-23(34-26)27(28)29)33-20-8-7-17(10-25(20)38(3,35)36)24-6-4-5-9-37-24/h3*7-8,10,12,14,24,27H,4-6,9,11,13H2,1-3H3,(H,32,33)/t2*24-;/m10./s1. The minimum atomic E-state index is -3.63. The van der Waals surface area contributed by atoms with Crippen molar-refractivity contribution in [3.05, 3.63) is 193 Å². The Labute approximate surface area is 658 Å². The van der Waals surface area contributed by atoms with E-state index in [-0.39, 0.29) is 86.5 Å².